The smallest absolute Gasteiger partial charge is 0.306 e. The van der Waals surface area contributed by atoms with Gasteiger partial charge < -0.3 is 9.64 Å². The number of ether oxygens (including phenoxy) is 1. The third-order valence-corrected chi connectivity index (χ3v) is 7.16. The second kappa shape index (κ2) is 10.2. The van der Waals surface area contributed by atoms with E-state index in [1.165, 1.54) is 32.1 Å². The average molecular weight is 431 g/mol. The standard InChI is InChI=1S/C23H30N2O4S/c1-18-4-3-16-25(18)17-14-19-5-7-20(8-6-19)21-9-11-22(12-10-21)30(27,28)24-15-13-23(26)29-2/h5-12,18,24H,3-4,13-17H2,1-2H3. The first-order valence-electron chi connectivity index (χ1n) is 10.4. The predicted molar refractivity (Wildman–Crippen MR) is 118 cm³/mol. The van der Waals surface area contributed by atoms with Crippen molar-refractivity contribution in [3.05, 3.63) is 54.1 Å². The summed E-state index contributed by atoms with van der Waals surface area (Å²) in [7, 11) is -2.38. The molecule has 0 spiro atoms. The van der Waals surface area contributed by atoms with Crippen LogP contribution in [0.1, 0.15) is 31.7 Å². The zero-order valence-electron chi connectivity index (χ0n) is 17.6. The summed E-state index contributed by atoms with van der Waals surface area (Å²) in [5.41, 5.74) is 3.32. The number of hydrogen-bond donors (Lipinski definition) is 1. The van der Waals surface area contributed by atoms with E-state index in [-0.39, 0.29) is 17.9 Å². The van der Waals surface area contributed by atoms with Gasteiger partial charge in [0, 0.05) is 19.1 Å². The van der Waals surface area contributed by atoms with Crippen LogP contribution in [-0.4, -0.2) is 52.1 Å². The number of nitrogens with zero attached hydrogens (tertiary/aromatic N) is 1. The first kappa shape index (κ1) is 22.5. The Hall–Kier alpha value is -2.22. The molecule has 2 aromatic carbocycles. The highest BCUT2D eigenvalue weighted by Crippen LogP contribution is 2.23. The first-order valence-corrected chi connectivity index (χ1v) is 11.9. The molecule has 2 aromatic rings. The number of hydrogen-bond acceptors (Lipinski definition) is 5. The molecule has 1 aliphatic rings. The molecule has 1 fully saturated rings. The van der Waals surface area contributed by atoms with Gasteiger partial charge in [-0.1, -0.05) is 36.4 Å². The lowest BCUT2D eigenvalue weighted by Gasteiger charge is -2.20. The van der Waals surface area contributed by atoms with Crippen molar-refractivity contribution >= 4 is 16.0 Å². The Kier molecular flexibility index (Phi) is 7.64. The van der Waals surface area contributed by atoms with Crippen molar-refractivity contribution in [2.24, 2.45) is 0 Å². The van der Waals surface area contributed by atoms with Crippen LogP contribution in [0, 0.1) is 0 Å². The Morgan fingerprint density at radius 3 is 2.30 bits per heavy atom. The number of methoxy groups -OCH3 is 1. The lowest BCUT2D eigenvalue weighted by Crippen LogP contribution is -2.28. The molecule has 0 saturated carbocycles. The monoisotopic (exact) mass is 430 g/mol. The van der Waals surface area contributed by atoms with Crippen molar-refractivity contribution in [1.82, 2.24) is 9.62 Å². The maximum absolute atomic E-state index is 12.3. The Morgan fingerprint density at radius 2 is 1.73 bits per heavy atom. The molecule has 1 heterocycles. The second-order valence-electron chi connectivity index (χ2n) is 7.72. The summed E-state index contributed by atoms with van der Waals surface area (Å²) >= 11 is 0. The highest BCUT2D eigenvalue weighted by molar-refractivity contribution is 7.89. The fraction of sp³-hybridized carbons (Fsp3) is 0.435. The minimum Gasteiger partial charge on any atom is -0.469 e. The minimum absolute atomic E-state index is 0.00314. The van der Waals surface area contributed by atoms with Gasteiger partial charge in [0.2, 0.25) is 10.0 Å². The van der Waals surface area contributed by atoms with E-state index in [0.29, 0.717) is 6.04 Å². The van der Waals surface area contributed by atoms with Crippen LogP contribution >= 0.6 is 0 Å². The number of rotatable bonds is 9. The van der Waals surface area contributed by atoms with Crippen molar-refractivity contribution < 1.29 is 17.9 Å². The predicted octanol–water partition coefficient (Wildman–Crippen LogP) is 3.22. The van der Waals surface area contributed by atoms with E-state index in [9.17, 15) is 13.2 Å². The molecule has 162 valence electrons. The highest BCUT2D eigenvalue weighted by atomic mass is 32.2. The van der Waals surface area contributed by atoms with Crippen LogP contribution in [0.25, 0.3) is 11.1 Å². The Morgan fingerprint density at radius 1 is 1.10 bits per heavy atom. The van der Waals surface area contributed by atoms with Gasteiger partial charge in [0.1, 0.15) is 0 Å². The number of benzene rings is 2. The average Bonchev–Trinajstić information content (AvgIpc) is 3.17. The zero-order valence-corrected chi connectivity index (χ0v) is 18.5. The van der Waals surface area contributed by atoms with Crippen molar-refractivity contribution in [2.75, 3.05) is 26.7 Å². The van der Waals surface area contributed by atoms with E-state index in [0.717, 1.165) is 24.1 Å². The molecule has 30 heavy (non-hydrogen) atoms. The molecule has 0 amide bonds. The Bertz CT molecular complexity index is 940. The molecular formula is C23H30N2O4S. The summed E-state index contributed by atoms with van der Waals surface area (Å²) in [6.45, 7) is 4.60. The van der Waals surface area contributed by atoms with Gasteiger partial charge >= 0.3 is 5.97 Å². The molecular weight excluding hydrogens is 400 g/mol. The fourth-order valence-electron chi connectivity index (χ4n) is 3.76. The third kappa shape index (κ3) is 5.90. The molecule has 0 bridgehead atoms. The van der Waals surface area contributed by atoms with Gasteiger partial charge in [-0.3, -0.25) is 4.79 Å². The Labute approximate surface area is 179 Å². The van der Waals surface area contributed by atoms with Crippen LogP contribution in [0.5, 0.6) is 0 Å². The van der Waals surface area contributed by atoms with Crippen LogP contribution in [0.4, 0.5) is 0 Å². The SMILES string of the molecule is COC(=O)CCNS(=O)(=O)c1ccc(-c2ccc(CCN3CCCC3C)cc2)cc1. The summed E-state index contributed by atoms with van der Waals surface area (Å²) in [4.78, 5) is 13.8. The molecule has 1 saturated heterocycles. The Balaban J connectivity index is 1.58. The fourth-order valence-corrected chi connectivity index (χ4v) is 4.79. The first-order chi connectivity index (χ1) is 14.4. The van der Waals surface area contributed by atoms with E-state index < -0.39 is 16.0 Å². The van der Waals surface area contributed by atoms with Gasteiger partial charge in [0.15, 0.2) is 0 Å². The molecule has 0 aromatic heterocycles. The molecule has 6 nitrogen and oxygen atoms in total. The second-order valence-corrected chi connectivity index (χ2v) is 9.49. The molecule has 1 atom stereocenters. The maximum Gasteiger partial charge on any atom is 0.306 e. The number of likely N-dealkylation sites (tertiary alicyclic amines) is 1. The summed E-state index contributed by atoms with van der Waals surface area (Å²) in [6.07, 6.45) is 3.63. The molecule has 1 unspecified atom stereocenters. The van der Waals surface area contributed by atoms with Gasteiger partial charge in [0.05, 0.1) is 18.4 Å². The van der Waals surface area contributed by atoms with Gasteiger partial charge in [-0.05, 0) is 61.6 Å². The molecule has 0 aliphatic carbocycles. The van der Waals surface area contributed by atoms with Gasteiger partial charge in [-0.25, -0.2) is 13.1 Å². The van der Waals surface area contributed by atoms with Crippen LogP contribution < -0.4 is 4.72 Å². The van der Waals surface area contributed by atoms with Crippen molar-refractivity contribution in [3.8, 4) is 11.1 Å². The highest BCUT2D eigenvalue weighted by Gasteiger charge is 2.19. The maximum atomic E-state index is 12.3. The third-order valence-electron chi connectivity index (χ3n) is 5.68. The quantitative estimate of drug-likeness (QED) is 0.618. The number of carbonyl (C=O) groups excluding carboxylic acids is 1. The number of sulfonamides is 1. The van der Waals surface area contributed by atoms with E-state index in [1.807, 2.05) is 0 Å². The summed E-state index contributed by atoms with van der Waals surface area (Å²) in [6, 6.07) is 15.9. The molecule has 0 radical (unpaired) electrons. The van der Waals surface area contributed by atoms with Crippen LogP contribution in [0.15, 0.2) is 53.4 Å². The summed E-state index contributed by atoms with van der Waals surface area (Å²) in [5, 5.41) is 0. The number of esters is 1. The lowest BCUT2D eigenvalue weighted by molar-refractivity contribution is -0.140. The van der Waals surface area contributed by atoms with Crippen LogP contribution in [0.2, 0.25) is 0 Å². The number of nitrogens with one attached hydrogen (secondary N) is 1. The van der Waals surface area contributed by atoms with Gasteiger partial charge in [-0.15, -0.1) is 0 Å². The molecule has 1 N–H and O–H groups in total. The van der Waals surface area contributed by atoms with Gasteiger partial charge in [0.25, 0.3) is 0 Å². The number of carbonyl (C=O) groups is 1. The van der Waals surface area contributed by atoms with E-state index in [4.69, 9.17) is 0 Å². The van der Waals surface area contributed by atoms with Gasteiger partial charge in [-0.2, -0.15) is 0 Å². The molecule has 3 rings (SSSR count). The van der Waals surface area contributed by atoms with Crippen molar-refractivity contribution in [1.29, 1.82) is 0 Å². The summed E-state index contributed by atoms with van der Waals surface area (Å²) in [5.74, 6) is -0.452. The van der Waals surface area contributed by atoms with Crippen molar-refractivity contribution in [2.45, 2.75) is 43.5 Å². The molecule has 7 heteroatoms. The largest absolute Gasteiger partial charge is 0.469 e. The van der Waals surface area contributed by atoms with Crippen LogP contribution in [0.3, 0.4) is 0 Å². The normalized spacial score (nSPS) is 17.2. The van der Waals surface area contributed by atoms with E-state index >= 15 is 0 Å². The van der Waals surface area contributed by atoms with Crippen LogP contribution in [-0.2, 0) is 26.0 Å². The van der Waals surface area contributed by atoms with E-state index in [1.54, 1.807) is 24.3 Å². The minimum atomic E-state index is -3.65. The van der Waals surface area contributed by atoms with Crippen molar-refractivity contribution in [3.63, 3.8) is 0 Å². The molecule has 1 aliphatic heterocycles. The van der Waals surface area contributed by atoms with E-state index in [2.05, 4.69) is 45.5 Å². The lowest BCUT2D eigenvalue weighted by atomic mass is 10.0. The summed E-state index contributed by atoms with van der Waals surface area (Å²) < 4.78 is 31.6. The topological polar surface area (TPSA) is 75.7 Å². The zero-order chi connectivity index (χ0) is 21.6.